The monoisotopic (exact) mass is 389 g/mol. The second-order valence-corrected chi connectivity index (χ2v) is 7.93. The van der Waals surface area contributed by atoms with E-state index < -0.39 is 0 Å². The van der Waals surface area contributed by atoms with E-state index in [1.165, 1.54) is 11.8 Å². The number of anilines is 1. The van der Waals surface area contributed by atoms with Gasteiger partial charge in [0.05, 0.1) is 23.2 Å². The molecule has 1 aliphatic rings. The van der Waals surface area contributed by atoms with Crippen molar-refractivity contribution in [2.75, 3.05) is 17.7 Å². The van der Waals surface area contributed by atoms with E-state index in [4.69, 9.17) is 4.74 Å². The fraction of sp³-hybridized carbons (Fsp3) is 0.500. The van der Waals surface area contributed by atoms with Gasteiger partial charge >= 0.3 is 0 Å². The van der Waals surface area contributed by atoms with E-state index >= 15 is 0 Å². The summed E-state index contributed by atoms with van der Waals surface area (Å²) < 4.78 is 7.73. The fourth-order valence-corrected chi connectivity index (χ4v) is 4.56. The number of aromatic amines is 1. The zero-order chi connectivity index (χ0) is 19.4. The number of fused-ring (bicyclic) bond motifs is 1. The van der Waals surface area contributed by atoms with Gasteiger partial charge in [-0.3, -0.25) is 19.4 Å². The number of carbonyl (C=O) groups excluding carboxylic acids is 1. The van der Waals surface area contributed by atoms with E-state index in [0.29, 0.717) is 23.7 Å². The van der Waals surface area contributed by atoms with Gasteiger partial charge in [0.15, 0.2) is 0 Å². The first-order valence-electron chi connectivity index (χ1n) is 9.54. The van der Waals surface area contributed by atoms with Crippen molar-refractivity contribution in [1.29, 1.82) is 0 Å². The predicted octanol–water partition coefficient (Wildman–Crippen LogP) is 4.10. The van der Waals surface area contributed by atoms with E-state index in [1.807, 2.05) is 28.9 Å². The SMILES string of the molecule is CCCOc1ccccc1[C@H]1SCC(=O)Nc2c1c(=O)[nH]n2[C@H](C)CCC. The van der Waals surface area contributed by atoms with Gasteiger partial charge in [-0.1, -0.05) is 38.5 Å². The van der Waals surface area contributed by atoms with Crippen LogP contribution in [0.15, 0.2) is 29.1 Å². The number of carbonyl (C=O) groups is 1. The zero-order valence-corrected chi connectivity index (χ0v) is 16.9. The predicted molar refractivity (Wildman–Crippen MR) is 110 cm³/mol. The number of nitrogens with zero attached hydrogens (tertiary/aromatic N) is 1. The second kappa shape index (κ2) is 8.69. The number of ether oxygens (including phenoxy) is 1. The minimum Gasteiger partial charge on any atom is -0.493 e. The van der Waals surface area contributed by atoms with Crippen LogP contribution in [0.2, 0.25) is 0 Å². The number of thioether (sulfide) groups is 1. The Hall–Kier alpha value is -2.15. The lowest BCUT2D eigenvalue weighted by atomic mass is 10.0. The molecule has 0 unspecified atom stereocenters. The molecule has 2 heterocycles. The number of para-hydroxylation sites is 1. The van der Waals surface area contributed by atoms with Gasteiger partial charge in [-0.15, -0.1) is 11.8 Å². The molecule has 6 nitrogen and oxygen atoms in total. The van der Waals surface area contributed by atoms with Gasteiger partial charge in [-0.2, -0.15) is 0 Å². The maximum absolute atomic E-state index is 12.9. The van der Waals surface area contributed by atoms with E-state index in [1.54, 1.807) is 0 Å². The number of hydrogen-bond donors (Lipinski definition) is 2. The number of H-pyrrole nitrogens is 1. The summed E-state index contributed by atoms with van der Waals surface area (Å²) >= 11 is 1.46. The third-order valence-corrected chi connectivity index (χ3v) is 5.93. The molecule has 0 saturated carbocycles. The number of benzene rings is 1. The van der Waals surface area contributed by atoms with Gasteiger partial charge < -0.3 is 10.1 Å². The van der Waals surface area contributed by atoms with Crippen LogP contribution in [0.1, 0.15) is 62.5 Å². The summed E-state index contributed by atoms with van der Waals surface area (Å²) in [6.45, 7) is 6.83. The highest BCUT2D eigenvalue weighted by molar-refractivity contribution is 8.00. The summed E-state index contributed by atoms with van der Waals surface area (Å²) in [5.74, 6) is 1.56. The Labute approximate surface area is 163 Å². The molecular formula is C20H27N3O3S. The minimum absolute atomic E-state index is 0.0906. The fourth-order valence-electron chi connectivity index (χ4n) is 3.41. The van der Waals surface area contributed by atoms with Crippen LogP contribution in [-0.4, -0.2) is 28.0 Å². The Bertz CT molecular complexity index is 858. The van der Waals surface area contributed by atoms with Crippen molar-refractivity contribution >= 4 is 23.5 Å². The second-order valence-electron chi connectivity index (χ2n) is 6.84. The molecule has 1 aromatic heterocycles. The average molecular weight is 390 g/mol. The molecule has 27 heavy (non-hydrogen) atoms. The Kier molecular flexibility index (Phi) is 6.31. The third-order valence-electron chi connectivity index (χ3n) is 4.67. The smallest absolute Gasteiger partial charge is 0.270 e. The maximum atomic E-state index is 12.9. The normalized spacial score (nSPS) is 17.7. The summed E-state index contributed by atoms with van der Waals surface area (Å²) in [5, 5.41) is 5.63. The summed E-state index contributed by atoms with van der Waals surface area (Å²) in [5.41, 5.74) is 1.37. The molecule has 0 radical (unpaired) electrons. The number of rotatable bonds is 7. The van der Waals surface area contributed by atoms with Crippen LogP contribution in [0.3, 0.4) is 0 Å². The molecule has 2 atom stereocenters. The number of hydrogen-bond acceptors (Lipinski definition) is 4. The molecular weight excluding hydrogens is 362 g/mol. The van der Waals surface area contributed by atoms with Crippen molar-refractivity contribution in [1.82, 2.24) is 9.78 Å². The molecule has 7 heteroatoms. The first kappa shape index (κ1) is 19.6. The van der Waals surface area contributed by atoms with E-state index in [-0.39, 0.29) is 22.8 Å². The van der Waals surface area contributed by atoms with Gasteiger partial charge in [0.25, 0.3) is 5.56 Å². The molecule has 0 aliphatic carbocycles. The van der Waals surface area contributed by atoms with Gasteiger partial charge in [-0.25, -0.2) is 0 Å². The standard InChI is InChI=1S/C20H27N3O3S/c1-4-8-13(3)23-19-17(20(25)22-23)18(27-12-16(24)21-19)14-9-6-7-10-15(14)26-11-5-2/h6-7,9-10,13,18H,4-5,8,11-12H2,1-3H3,(H,21,24)(H,22,25)/t13-,18-/m1/s1. The lowest BCUT2D eigenvalue weighted by Crippen LogP contribution is -2.18. The van der Waals surface area contributed by atoms with Crippen molar-refractivity contribution in [2.24, 2.45) is 0 Å². The zero-order valence-electron chi connectivity index (χ0n) is 16.1. The highest BCUT2D eigenvalue weighted by Gasteiger charge is 2.32. The molecule has 0 saturated heterocycles. The number of nitrogens with one attached hydrogen (secondary N) is 2. The van der Waals surface area contributed by atoms with Crippen molar-refractivity contribution in [3.05, 3.63) is 45.7 Å². The lowest BCUT2D eigenvalue weighted by molar-refractivity contribution is -0.113. The third kappa shape index (κ3) is 4.08. The van der Waals surface area contributed by atoms with Crippen molar-refractivity contribution in [2.45, 2.75) is 51.3 Å². The van der Waals surface area contributed by atoms with Crippen molar-refractivity contribution < 1.29 is 9.53 Å². The average Bonchev–Trinajstić information content (AvgIpc) is 2.87. The highest BCUT2D eigenvalue weighted by atomic mass is 32.2. The molecule has 146 valence electrons. The molecule has 3 rings (SSSR count). The molecule has 0 bridgehead atoms. The quantitative estimate of drug-likeness (QED) is 0.747. The molecule has 2 aromatic rings. The Morgan fingerprint density at radius 3 is 2.78 bits per heavy atom. The van der Waals surface area contributed by atoms with Crippen LogP contribution in [0, 0.1) is 0 Å². The van der Waals surface area contributed by atoms with E-state index in [0.717, 1.165) is 30.6 Å². The van der Waals surface area contributed by atoms with Gasteiger partial charge in [-0.05, 0) is 25.8 Å². The maximum Gasteiger partial charge on any atom is 0.270 e. The Balaban J connectivity index is 2.10. The van der Waals surface area contributed by atoms with Crippen LogP contribution in [0.25, 0.3) is 0 Å². The summed E-state index contributed by atoms with van der Waals surface area (Å²) in [7, 11) is 0. The Morgan fingerprint density at radius 1 is 1.26 bits per heavy atom. The molecule has 0 spiro atoms. The topological polar surface area (TPSA) is 76.1 Å². The summed E-state index contributed by atoms with van der Waals surface area (Å²) in [6, 6.07) is 7.88. The largest absolute Gasteiger partial charge is 0.493 e. The van der Waals surface area contributed by atoms with Gasteiger partial charge in [0.1, 0.15) is 11.6 Å². The van der Waals surface area contributed by atoms with Crippen LogP contribution < -0.4 is 15.6 Å². The van der Waals surface area contributed by atoms with E-state index in [9.17, 15) is 9.59 Å². The molecule has 0 fully saturated rings. The highest BCUT2D eigenvalue weighted by Crippen LogP contribution is 2.43. The van der Waals surface area contributed by atoms with Gasteiger partial charge in [0, 0.05) is 11.6 Å². The van der Waals surface area contributed by atoms with Crippen LogP contribution in [0.4, 0.5) is 5.82 Å². The van der Waals surface area contributed by atoms with Crippen LogP contribution in [-0.2, 0) is 4.79 Å². The van der Waals surface area contributed by atoms with Gasteiger partial charge in [0.2, 0.25) is 5.91 Å². The first-order valence-corrected chi connectivity index (χ1v) is 10.6. The molecule has 1 aromatic carbocycles. The minimum atomic E-state index is -0.258. The van der Waals surface area contributed by atoms with Crippen molar-refractivity contribution in [3.63, 3.8) is 0 Å². The number of amides is 1. The van der Waals surface area contributed by atoms with Crippen molar-refractivity contribution in [3.8, 4) is 5.75 Å². The summed E-state index contributed by atoms with van der Waals surface area (Å²) in [6.07, 6.45) is 2.82. The lowest BCUT2D eigenvalue weighted by Gasteiger charge is -2.19. The summed E-state index contributed by atoms with van der Waals surface area (Å²) in [4.78, 5) is 25.2. The Morgan fingerprint density at radius 2 is 2.04 bits per heavy atom. The molecule has 1 aliphatic heterocycles. The van der Waals surface area contributed by atoms with Crippen LogP contribution >= 0.6 is 11.8 Å². The molecule has 1 amide bonds. The first-order chi connectivity index (χ1) is 13.1. The van der Waals surface area contributed by atoms with Crippen LogP contribution in [0.5, 0.6) is 5.75 Å². The van der Waals surface area contributed by atoms with E-state index in [2.05, 4.69) is 31.2 Å². The number of aromatic nitrogens is 2. The molecule has 2 N–H and O–H groups in total.